The quantitative estimate of drug-likeness (QED) is 0.165. The maximum atomic E-state index is 10.9. The minimum absolute atomic E-state index is 0. The Morgan fingerprint density at radius 3 is 0.822 bits per heavy atom. The number of rotatable bonds is 7. The molecule has 10 radical (unpaired) electrons. The summed E-state index contributed by atoms with van der Waals surface area (Å²) in [5, 5.41) is 0. The summed E-state index contributed by atoms with van der Waals surface area (Å²) >= 11 is 0. The number of carbonyl (C=O) groups excluding carboxylic acids is 1. The second kappa shape index (κ2) is 16.0. The number of carbonyl (C=O) groups is 1. The molecule has 0 aliphatic heterocycles. The van der Waals surface area contributed by atoms with Gasteiger partial charge in [0.1, 0.15) is 5.78 Å². The first kappa shape index (κ1) is 32.7. The maximum absolute atomic E-state index is 10.9. The van der Waals surface area contributed by atoms with Crippen LogP contribution in [0, 0.1) is 61.2 Å². The van der Waals surface area contributed by atoms with Gasteiger partial charge >= 0.3 is 17.1 Å². The summed E-state index contributed by atoms with van der Waals surface area (Å²) in [5.41, 5.74) is 6.13. The predicted octanol–water partition coefficient (Wildman–Crippen LogP) is 9.48. The zero-order valence-electron chi connectivity index (χ0n) is 25.2. The van der Waals surface area contributed by atoms with E-state index in [1.165, 1.54) is 57.4 Å². The fourth-order valence-corrected chi connectivity index (χ4v) is 5.86. The van der Waals surface area contributed by atoms with Gasteiger partial charge in [0.15, 0.2) is 0 Å². The number of Topliss-reactive ketones (excluding diaryl/α,β-unsaturated/α-hetero) is 1. The molecule has 2 heteroatoms. The molecule has 0 amide bonds. The van der Waals surface area contributed by atoms with E-state index in [0.29, 0.717) is 6.42 Å². The summed E-state index contributed by atoms with van der Waals surface area (Å²) in [7, 11) is 0. The van der Waals surface area contributed by atoms with Crippen LogP contribution in [-0.2, 0) is 21.9 Å². The normalized spacial score (nSPS) is 16.6. The van der Waals surface area contributed by atoms with E-state index in [-0.39, 0.29) is 22.9 Å². The van der Waals surface area contributed by atoms with E-state index in [4.69, 9.17) is 0 Å². The van der Waals surface area contributed by atoms with Crippen LogP contribution in [0.3, 0.4) is 0 Å². The van der Waals surface area contributed by atoms with Gasteiger partial charge in [0.05, 0.1) is 0 Å². The molecule has 1 nitrogen and oxygen atoms in total. The molecule has 2 fully saturated rings. The van der Waals surface area contributed by atoms with Gasteiger partial charge in [-0.25, -0.2) is 0 Å². The van der Waals surface area contributed by atoms with E-state index >= 15 is 0 Å². The Hall–Kier alpha value is -3.71. The number of hydrogen-bond donors (Lipinski definition) is 0. The van der Waals surface area contributed by atoms with Crippen molar-refractivity contribution in [2.24, 2.45) is 0 Å². The molecule has 2 saturated carbocycles. The SMILES string of the molecule is CCC(=O)[C]1[CH][CH][CH][CH]1.[Fe+2].c1ccc([C]2[C](c3ccccc3)[C](c3ccccc3)[C](c3ccccc3)[C]2c2ccccc2)cc1. The molecule has 2 aliphatic carbocycles. The summed E-state index contributed by atoms with van der Waals surface area (Å²) in [5.74, 6) is 7.45. The van der Waals surface area contributed by atoms with Crippen molar-refractivity contribution in [3.8, 4) is 0 Å². The largest absolute Gasteiger partial charge is 2.00 e. The van der Waals surface area contributed by atoms with E-state index < -0.39 is 0 Å². The van der Waals surface area contributed by atoms with Crippen LogP contribution < -0.4 is 0 Å². The van der Waals surface area contributed by atoms with Gasteiger partial charge in [-0.3, -0.25) is 4.79 Å². The molecule has 0 heterocycles. The zero-order valence-corrected chi connectivity index (χ0v) is 26.3. The molecule has 0 aromatic heterocycles. The van der Waals surface area contributed by atoms with Crippen molar-refractivity contribution in [1.29, 1.82) is 0 Å². The molecule has 5 aromatic rings. The molecule has 5 aromatic carbocycles. The smallest absolute Gasteiger partial charge is 0.299 e. The first-order valence-corrected chi connectivity index (χ1v) is 15.1. The molecule has 7 rings (SSSR count). The number of hydrogen-bond acceptors (Lipinski definition) is 1. The van der Waals surface area contributed by atoms with E-state index in [9.17, 15) is 4.79 Å². The fourth-order valence-electron chi connectivity index (χ4n) is 5.86. The van der Waals surface area contributed by atoms with Crippen LogP contribution in [-0.4, -0.2) is 5.78 Å². The van der Waals surface area contributed by atoms with Gasteiger partial charge in [0.2, 0.25) is 0 Å². The average Bonchev–Trinajstić information content (AvgIpc) is 3.78. The molecule has 2 aliphatic rings. The first-order valence-electron chi connectivity index (χ1n) is 15.1. The fraction of sp³-hybridized carbons (Fsp3) is 0.0465. The van der Waals surface area contributed by atoms with Crippen molar-refractivity contribution < 1.29 is 21.9 Å². The van der Waals surface area contributed by atoms with E-state index in [1.807, 2.05) is 32.6 Å². The summed E-state index contributed by atoms with van der Waals surface area (Å²) in [4.78, 5) is 10.9. The molecule has 0 N–H and O–H groups in total. The zero-order chi connectivity index (χ0) is 30.1. The monoisotopic (exact) mass is 622 g/mol. The van der Waals surface area contributed by atoms with Crippen LogP contribution >= 0.6 is 0 Å². The Labute approximate surface area is 280 Å². The molecular formula is C43H34FeO+2. The molecule has 0 spiro atoms. The Bertz CT molecular complexity index is 1300. The van der Waals surface area contributed by atoms with Crippen molar-refractivity contribution in [1.82, 2.24) is 0 Å². The predicted molar refractivity (Wildman–Crippen MR) is 180 cm³/mol. The van der Waals surface area contributed by atoms with E-state index in [1.54, 1.807) is 0 Å². The van der Waals surface area contributed by atoms with Crippen LogP contribution in [0.4, 0.5) is 0 Å². The van der Waals surface area contributed by atoms with Crippen LogP contribution in [0.1, 0.15) is 41.2 Å². The Balaban J connectivity index is 0.000000347. The van der Waals surface area contributed by atoms with Crippen LogP contribution in [0.25, 0.3) is 0 Å². The molecule has 0 atom stereocenters. The molecule has 0 unspecified atom stereocenters. The van der Waals surface area contributed by atoms with Gasteiger partial charge in [-0.1, -0.05) is 159 Å². The summed E-state index contributed by atoms with van der Waals surface area (Å²) in [6.07, 6.45) is 8.04. The third-order valence-corrected chi connectivity index (χ3v) is 7.87. The minimum Gasteiger partial charge on any atom is -0.299 e. The molecular weight excluding hydrogens is 588 g/mol. The topological polar surface area (TPSA) is 17.1 Å². The first-order chi connectivity index (χ1) is 21.8. The summed E-state index contributed by atoms with van der Waals surface area (Å²) < 4.78 is 0. The Morgan fingerprint density at radius 1 is 0.400 bits per heavy atom. The van der Waals surface area contributed by atoms with E-state index in [0.717, 1.165) is 5.92 Å². The number of ketones is 1. The maximum Gasteiger partial charge on any atom is 2.00 e. The van der Waals surface area contributed by atoms with Crippen LogP contribution in [0.5, 0.6) is 0 Å². The van der Waals surface area contributed by atoms with Gasteiger partial charge in [-0.15, -0.1) is 0 Å². The molecule has 0 saturated heterocycles. The Kier molecular flexibility index (Phi) is 11.6. The molecule has 0 bridgehead atoms. The van der Waals surface area contributed by atoms with Crippen molar-refractivity contribution >= 4 is 5.78 Å². The van der Waals surface area contributed by atoms with Crippen molar-refractivity contribution in [2.45, 2.75) is 13.3 Å². The summed E-state index contributed by atoms with van der Waals surface area (Å²) in [6.45, 7) is 1.87. The average molecular weight is 623 g/mol. The van der Waals surface area contributed by atoms with Gasteiger partial charge in [-0.2, -0.15) is 0 Å². The third kappa shape index (κ3) is 7.41. The van der Waals surface area contributed by atoms with Crippen molar-refractivity contribution in [3.63, 3.8) is 0 Å². The van der Waals surface area contributed by atoms with Crippen molar-refractivity contribution in [2.75, 3.05) is 0 Å². The van der Waals surface area contributed by atoms with Crippen LogP contribution in [0.15, 0.2) is 152 Å². The second-order valence-electron chi connectivity index (χ2n) is 10.7. The van der Waals surface area contributed by atoms with E-state index in [2.05, 4.69) is 152 Å². The number of benzene rings is 5. The van der Waals surface area contributed by atoms with Gasteiger partial charge in [0.25, 0.3) is 0 Å². The van der Waals surface area contributed by atoms with Gasteiger partial charge in [-0.05, 0) is 53.5 Å². The Morgan fingerprint density at radius 2 is 0.622 bits per heavy atom. The van der Waals surface area contributed by atoms with Crippen LogP contribution in [0.2, 0.25) is 0 Å². The summed E-state index contributed by atoms with van der Waals surface area (Å²) in [6, 6.07) is 54.1. The van der Waals surface area contributed by atoms with Gasteiger partial charge in [0, 0.05) is 41.9 Å². The molecule has 45 heavy (non-hydrogen) atoms. The third-order valence-electron chi connectivity index (χ3n) is 7.87. The minimum atomic E-state index is 0. The van der Waals surface area contributed by atoms with Crippen molar-refractivity contribution in [3.05, 3.63) is 241 Å². The van der Waals surface area contributed by atoms with Gasteiger partial charge < -0.3 is 0 Å². The standard InChI is InChI=1S/C35H25.C8H9O.Fe/c1-6-16-26(17-7-1)31-32(27-18-8-2-9-19-27)34(29-22-12-4-13-23-29)35(30-24-14-5-15-25-30)33(31)28-20-10-3-11-21-28;1-2-8(9)7-5-3-4-6-7;/h1-25H;3-6H,2H2,1H3;/q;;+2. The molecule has 218 valence electrons. The second-order valence-corrected chi connectivity index (χ2v) is 10.7.